The lowest BCUT2D eigenvalue weighted by Gasteiger charge is -2.01. The van der Waals surface area contributed by atoms with E-state index in [0.717, 1.165) is 12.3 Å². The van der Waals surface area contributed by atoms with Gasteiger partial charge in [-0.1, -0.05) is 0 Å². The van der Waals surface area contributed by atoms with Crippen LogP contribution >= 0.6 is 0 Å². The molecule has 0 aliphatic carbocycles. The van der Waals surface area contributed by atoms with Crippen molar-refractivity contribution in [1.82, 2.24) is 10.2 Å². The van der Waals surface area contributed by atoms with Crippen LogP contribution in [0.15, 0.2) is 12.3 Å². The van der Waals surface area contributed by atoms with E-state index in [1.54, 1.807) is 0 Å². The molecule has 10 heavy (non-hydrogen) atoms. The molecule has 0 fully saturated rings. The molecule has 1 heterocycles. The number of alkyl halides is 3. The minimum absolute atomic E-state index is 0.743. The molecule has 0 spiro atoms. The van der Waals surface area contributed by atoms with Crippen LogP contribution < -0.4 is 0 Å². The van der Waals surface area contributed by atoms with Crippen molar-refractivity contribution in [1.29, 1.82) is 0 Å². The minimum Gasteiger partial charge on any atom is -0.164 e. The van der Waals surface area contributed by atoms with Crippen LogP contribution in [0.25, 0.3) is 0 Å². The quantitative estimate of drug-likeness (QED) is 0.552. The van der Waals surface area contributed by atoms with Crippen molar-refractivity contribution >= 4 is 0 Å². The van der Waals surface area contributed by atoms with Crippen molar-refractivity contribution in [3.8, 4) is 0 Å². The Morgan fingerprint density at radius 2 is 2.10 bits per heavy atom. The van der Waals surface area contributed by atoms with E-state index in [-0.39, 0.29) is 0 Å². The van der Waals surface area contributed by atoms with Gasteiger partial charge in [0.2, 0.25) is 0 Å². The number of hydrogen-bond acceptors (Lipinski definition) is 2. The van der Waals surface area contributed by atoms with Gasteiger partial charge in [0.15, 0.2) is 5.69 Å². The van der Waals surface area contributed by atoms with Crippen LogP contribution in [0.5, 0.6) is 0 Å². The lowest BCUT2D eigenvalue weighted by atomic mass is 10.4. The summed E-state index contributed by atoms with van der Waals surface area (Å²) in [5.41, 5.74) is -1.02. The second kappa shape index (κ2) is 2.24. The van der Waals surface area contributed by atoms with E-state index in [1.807, 2.05) is 0 Å². The highest BCUT2D eigenvalue weighted by atomic mass is 19.4. The number of nitrogens with zero attached hydrogens (tertiary/aromatic N) is 2. The fraction of sp³-hybridized carbons (Fsp3) is 0.200. The Balaban J connectivity index is 2.97. The Bertz CT molecular complexity index is 206. The summed E-state index contributed by atoms with van der Waals surface area (Å²) < 4.78 is 35.0. The first kappa shape index (κ1) is 6.98. The zero-order valence-electron chi connectivity index (χ0n) is 4.68. The molecule has 0 saturated heterocycles. The van der Waals surface area contributed by atoms with Crippen molar-refractivity contribution in [2.45, 2.75) is 6.18 Å². The summed E-state index contributed by atoms with van der Waals surface area (Å²) in [5, 5.41) is 5.87. The summed E-state index contributed by atoms with van der Waals surface area (Å²) in [6.07, 6.45) is -3.35. The first-order valence-electron chi connectivity index (χ1n) is 2.36. The molecule has 2 nitrogen and oxygen atoms in total. The molecule has 1 radical (unpaired) electrons. The summed E-state index contributed by atoms with van der Waals surface area (Å²) >= 11 is 0. The van der Waals surface area contributed by atoms with Crippen molar-refractivity contribution in [3.05, 3.63) is 24.0 Å². The zero-order valence-corrected chi connectivity index (χ0v) is 4.68. The van der Waals surface area contributed by atoms with E-state index in [9.17, 15) is 13.2 Å². The van der Waals surface area contributed by atoms with E-state index < -0.39 is 11.9 Å². The van der Waals surface area contributed by atoms with Gasteiger partial charge in [0.1, 0.15) is 0 Å². The maximum absolute atomic E-state index is 11.7. The molecule has 0 saturated carbocycles. The molecule has 0 N–H and O–H groups in total. The second-order valence-corrected chi connectivity index (χ2v) is 1.54. The summed E-state index contributed by atoms with van der Waals surface area (Å²) in [5.74, 6) is 0. The third kappa shape index (κ3) is 1.43. The van der Waals surface area contributed by atoms with Crippen LogP contribution in [0, 0.1) is 6.07 Å². The Hall–Kier alpha value is -1.13. The van der Waals surface area contributed by atoms with Crippen LogP contribution in [-0.2, 0) is 6.18 Å². The maximum Gasteiger partial charge on any atom is 0.435 e. The average molecular weight is 147 g/mol. The van der Waals surface area contributed by atoms with Crippen molar-refractivity contribution in [2.24, 2.45) is 0 Å². The van der Waals surface area contributed by atoms with Gasteiger partial charge in [-0.2, -0.15) is 18.3 Å². The summed E-state index contributed by atoms with van der Waals surface area (Å²) in [6, 6.07) is 2.92. The number of halogens is 3. The molecular weight excluding hydrogens is 145 g/mol. The molecule has 0 amide bonds. The molecule has 5 heteroatoms. The van der Waals surface area contributed by atoms with Crippen molar-refractivity contribution in [2.75, 3.05) is 0 Å². The first-order valence-corrected chi connectivity index (χ1v) is 2.36. The predicted octanol–water partition coefficient (Wildman–Crippen LogP) is 1.30. The Morgan fingerprint density at radius 1 is 1.40 bits per heavy atom. The molecule has 0 aliphatic heterocycles. The van der Waals surface area contributed by atoms with Crippen LogP contribution in [0.2, 0.25) is 0 Å². The topological polar surface area (TPSA) is 25.8 Å². The van der Waals surface area contributed by atoms with Crippen LogP contribution in [-0.4, -0.2) is 10.2 Å². The molecule has 0 unspecified atom stereocenters. The first-order chi connectivity index (χ1) is 4.61. The largest absolute Gasteiger partial charge is 0.435 e. The summed E-state index contributed by atoms with van der Waals surface area (Å²) in [6.45, 7) is 0. The van der Waals surface area contributed by atoms with E-state index >= 15 is 0 Å². The third-order valence-electron chi connectivity index (χ3n) is 0.808. The molecule has 1 aromatic rings. The molecule has 53 valence electrons. The molecule has 1 aromatic heterocycles. The van der Waals surface area contributed by atoms with Crippen molar-refractivity contribution in [3.63, 3.8) is 0 Å². The predicted molar refractivity (Wildman–Crippen MR) is 25.9 cm³/mol. The van der Waals surface area contributed by atoms with Crippen molar-refractivity contribution < 1.29 is 13.2 Å². The standard InChI is InChI=1S/C5H2F3N2/c6-5(7,8)4-2-1-3-9-10-4/h2-3H. The Labute approximate surface area is 54.7 Å². The zero-order chi connectivity index (χ0) is 7.61. The average Bonchev–Trinajstić information content (AvgIpc) is 1.88. The third-order valence-corrected chi connectivity index (χ3v) is 0.808. The van der Waals surface area contributed by atoms with Crippen LogP contribution in [0.3, 0.4) is 0 Å². The van der Waals surface area contributed by atoms with E-state index in [2.05, 4.69) is 16.3 Å². The van der Waals surface area contributed by atoms with E-state index in [1.165, 1.54) is 0 Å². The van der Waals surface area contributed by atoms with Gasteiger partial charge in [0, 0.05) is 6.07 Å². The van der Waals surface area contributed by atoms with Gasteiger partial charge < -0.3 is 0 Å². The van der Waals surface area contributed by atoms with Gasteiger partial charge in [-0.15, -0.1) is 5.10 Å². The fourth-order valence-corrected chi connectivity index (χ4v) is 0.408. The van der Waals surface area contributed by atoms with Gasteiger partial charge in [-0.3, -0.25) is 0 Å². The highest BCUT2D eigenvalue weighted by Gasteiger charge is 2.32. The molecule has 1 rings (SSSR count). The number of aromatic nitrogens is 2. The van der Waals surface area contributed by atoms with E-state index in [0.29, 0.717) is 0 Å². The second-order valence-electron chi connectivity index (χ2n) is 1.54. The Morgan fingerprint density at radius 3 is 2.40 bits per heavy atom. The number of hydrogen-bond donors (Lipinski definition) is 0. The highest BCUT2D eigenvalue weighted by Crippen LogP contribution is 2.25. The van der Waals surface area contributed by atoms with Gasteiger partial charge in [-0.05, 0) is 6.07 Å². The highest BCUT2D eigenvalue weighted by molar-refractivity contribution is 5.01. The molecule has 0 atom stereocenters. The lowest BCUT2D eigenvalue weighted by Crippen LogP contribution is -2.07. The fourth-order valence-electron chi connectivity index (χ4n) is 0.408. The molecular formula is C5H2F3N2. The molecule has 0 aliphatic rings. The van der Waals surface area contributed by atoms with Crippen LogP contribution in [0.1, 0.15) is 5.69 Å². The summed E-state index contributed by atoms with van der Waals surface area (Å²) in [4.78, 5) is 0. The lowest BCUT2D eigenvalue weighted by molar-refractivity contribution is -0.141. The van der Waals surface area contributed by atoms with E-state index in [4.69, 9.17) is 0 Å². The molecule has 0 bridgehead atoms. The van der Waals surface area contributed by atoms with Gasteiger partial charge in [0.25, 0.3) is 0 Å². The minimum atomic E-state index is -4.41. The van der Waals surface area contributed by atoms with Gasteiger partial charge in [-0.25, -0.2) is 0 Å². The molecule has 0 aromatic carbocycles. The normalized spacial score (nSPS) is 11.5. The maximum atomic E-state index is 11.7. The Kier molecular flexibility index (Phi) is 1.57. The number of rotatable bonds is 0. The smallest absolute Gasteiger partial charge is 0.164 e. The van der Waals surface area contributed by atoms with Gasteiger partial charge in [0.05, 0.1) is 6.20 Å². The van der Waals surface area contributed by atoms with Crippen LogP contribution in [0.4, 0.5) is 13.2 Å². The SMILES string of the molecule is FC(F)(F)c1c[c]cnn1. The summed E-state index contributed by atoms with van der Waals surface area (Å²) in [7, 11) is 0. The van der Waals surface area contributed by atoms with Gasteiger partial charge >= 0.3 is 6.18 Å². The monoisotopic (exact) mass is 147 g/mol.